The minimum Gasteiger partial charge on any atom is -0.504 e. The van der Waals surface area contributed by atoms with Crippen LogP contribution in [0.1, 0.15) is 45.6 Å². The highest BCUT2D eigenvalue weighted by atomic mass is 16.5. The van der Waals surface area contributed by atoms with Crippen LogP contribution in [0.2, 0.25) is 0 Å². The Kier molecular flexibility index (Phi) is 5.89. The predicted molar refractivity (Wildman–Crippen MR) is 94.8 cm³/mol. The Morgan fingerprint density at radius 3 is 2.74 bits per heavy atom. The molecule has 3 nitrogen and oxygen atoms in total. The van der Waals surface area contributed by atoms with Crippen LogP contribution in [0.3, 0.4) is 0 Å². The Morgan fingerprint density at radius 1 is 1.35 bits per heavy atom. The highest BCUT2D eigenvalue weighted by Gasteiger charge is 2.35. The molecular weight excluding hydrogens is 288 g/mol. The fourth-order valence-electron chi connectivity index (χ4n) is 2.98. The molecule has 126 valence electrons. The summed E-state index contributed by atoms with van der Waals surface area (Å²) in [5, 5.41) is 9.61. The predicted octanol–water partition coefficient (Wildman–Crippen LogP) is 4.96. The van der Waals surface area contributed by atoms with Gasteiger partial charge in [0.05, 0.1) is 19.3 Å². The minimum atomic E-state index is -0.0451. The summed E-state index contributed by atoms with van der Waals surface area (Å²) in [4.78, 5) is 0. The average Bonchev–Trinajstić information content (AvgIpc) is 2.54. The van der Waals surface area contributed by atoms with Crippen molar-refractivity contribution in [2.24, 2.45) is 5.92 Å². The molecule has 0 aromatic heterocycles. The van der Waals surface area contributed by atoms with Gasteiger partial charge in [0.1, 0.15) is 0 Å². The molecule has 0 unspecified atom stereocenters. The van der Waals surface area contributed by atoms with Crippen LogP contribution in [0, 0.1) is 5.92 Å². The second kappa shape index (κ2) is 7.69. The molecule has 1 aromatic carbocycles. The number of aromatic hydroxyl groups is 1. The smallest absolute Gasteiger partial charge is 0.161 e. The van der Waals surface area contributed by atoms with E-state index in [1.54, 1.807) is 13.2 Å². The van der Waals surface area contributed by atoms with E-state index < -0.39 is 0 Å². The molecule has 1 aromatic rings. The van der Waals surface area contributed by atoms with Gasteiger partial charge in [0.2, 0.25) is 0 Å². The van der Waals surface area contributed by atoms with Crippen molar-refractivity contribution in [1.82, 2.24) is 0 Å². The summed E-state index contributed by atoms with van der Waals surface area (Å²) in [6.07, 6.45) is 9.56. The first-order chi connectivity index (χ1) is 11.0. The van der Waals surface area contributed by atoms with Crippen LogP contribution in [0.15, 0.2) is 35.9 Å². The number of allylic oxidation sites excluding steroid dienone is 1. The van der Waals surface area contributed by atoms with Crippen LogP contribution in [-0.4, -0.2) is 24.4 Å². The molecule has 0 bridgehead atoms. The molecule has 0 saturated carbocycles. The van der Waals surface area contributed by atoms with Crippen LogP contribution in [0.5, 0.6) is 11.5 Å². The summed E-state index contributed by atoms with van der Waals surface area (Å²) in [5.74, 6) is 1.14. The van der Waals surface area contributed by atoms with E-state index in [1.165, 1.54) is 5.57 Å². The van der Waals surface area contributed by atoms with E-state index in [-0.39, 0.29) is 11.4 Å². The van der Waals surface area contributed by atoms with Crippen LogP contribution in [0.25, 0.3) is 6.08 Å². The third-order valence-electron chi connectivity index (χ3n) is 4.77. The maximum Gasteiger partial charge on any atom is 0.161 e. The molecule has 0 radical (unpaired) electrons. The quantitative estimate of drug-likeness (QED) is 0.754. The number of phenols is 1. The minimum absolute atomic E-state index is 0.0451. The topological polar surface area (TPSA) is 38.7 Å². The van der Waals surface area contributed by atoms with Gasteiger partial charge in [-0.05, 0) is 49.8 Å². The van der Waals surface area contributed by atoms with Gasteiger partial charge < -0.3 is 14.6 Å². The summed E-state index contributed by atoms with van der Waals surface area (Å²) in [7, 11) is 1.55. The summed E-state index contributed by atoms with van der Waals surface area (Å²) < 4.78 is 11.4. The van der Waals surface area contributed by atoms with Crippen molar-refractivity contribution in [3.8, 4) is 11.5 Å². The van der Waals surface area contributed by atoms with Gasteiger partial charge in [-0.3, -0.25) is 0 Å². The van der Waals surface area contributed by atoms with E-state index in [1.807, 2.05) is 24.3 Å². The number of phenolic OH excluding ortho intramolecular Hbond substituents is 1. The molecule has 1 aliphatic rings. The summed E-state index contributed by atoms with van der Waals surface area (Å²) in [6.45, 7) is 7.27. The van der Waals surface area contributed by atoms with Crippen LogP contribution in [-0.2, 0) is 4.74 Å². The first-order valence-electron chi connectivity index (χ1n) is 8.30. The molecule has 2 rings (SSSR count). The van der Waals surface area contributed by atoms with Gasteiger partial charge in [0.15, 0.2) is 11.5 Å². The molecule has 0 amide bonds. The molecule has 0 saturated heterocycles. The molecular formula is C20H28O3. The van der Waals surface area contributed by atoms with E-state index in [0.717, 1.165) is 24.8 Å². The van der Waals surface area contributed by atoms with Gasteiger partial charge in [-0.15, -0.1) is 0 Å². The first-order valence-corrected chi connectivity index (χ1v) is 8.30. The molecule has 0 aliphatic heterocycles. The van der Waals surface area contributed by atoms with Crippen LogP contribution >= 0.6 is 0 Å². The normalized spacial score (nSPS) is 21.7. The van der Waals surface area contributed by atoms with Crippen molar-refractivity contribution in [1.29, 1.82) is 0 Å². The van der Waals surface area contributed by atoms with Crippen molar-refractivity contribution in [3.05, 3.63) is 41.5 Å². The third-order valence-corrected chi connectivity index (χ3v) is 4.77. The summed E-state index contributed by atoms with van der Waals surface area (Å²) in [6, 6.07) is 5.32. The Bertz CT molecular complexity index is 587. The van der Waals surface area contributed by atoms with Gasteiger partial charge in [0, 0.05) is 0 Å². The molecule has 0 spiro atoms. The molecule has 1 aliphatic carbocycles. The maximum absolute atomic E-state index is 9.61. The lowest BCUT2D eigenvalue weighted by Gasteiger charge is -2.39. The monoisotopic (exact) mass is 316 g/mol. The second-order valence-electron chi connectivity index (χ2n) is 6.62. The van der Waals surface area contributed by atoms with Crippen molar-refractivity contribution in [3.63, 3.8) is 0 Å². The largest absolute Gasteiger partial charge is 0.504 e. The second-order valence-corrected chi connectivity index (χ2v) is 6.62. The van der Waals surface area contributed by atoms with Gasteiger partial charge >= 0.3 is 0 Å². The average molecular weight is 316 g/mol. The molecule has 23 heavy (non-hydrogen) atoms. The molecule has 1 atom stereocenters. The van der Waals surface area contributed by atoms with Gasteiger partial charge in [-0.1, -0.05) is 43.7 Å². The number of ether oxygens (including phenoxy) is 2. The van der Waals surface area contributed by atoms with E-state index in [9.17, 15) is 5.11 Å². The Morgan fingerprint density at radius 2 is 2.13 bits per heavy atom. The van der Waals surface area contributed by atoms with E-state index >= 15 is 0 Å². The number of rotatable bonds is 6. The van der Waals surface area contributed by atoms with E-state index in [0.29, 0.717) is 18.3 Å². The van der Waals surface area contributed by atoms with Gasteiger partial charge in [-0.2, -0.15) is 0 Å². The van der Waals surface area contributed by atoms with Crippen LogP contribution < -0.4 is 4.74 Å². The van der Waals surface area contributed by atoms with Crippen molar-refractivity contribution < 1.29 is 14.6 Å². The number of hydrogen-bond donors (Lipinski definition) is 1. The Labute approximate surface area is 139 Å². The molecule has 3 heteroatoms. The third kappa shape index (κ3) is 4.38. The van der Waals surface area contributed by atoms with E-state index in [2.05, 4.69) is 26.8 Å². The SMILES string of the molecule is COc1cc(/C=C/CO[C@@]2(C(C)C)CC=C(C)CC2)ccc1O. The lowest BCUT2D eigenvalue weighted by atomic mass is 9.78. The summed E-state index contributed by atoms with van der Waals surface area (Å²) in [5.41, 5.74) is 2.41. The fourth-order valence-corrected chi connectivity index (χ4v) is 2.98. The van der Waals surface area contributed by atoms with Crippen molar-refractivity contribution in [2.45, 2.75) is 45.6 Å². The maximum atomic E-state index is 9.61. The highest BCUT2D eigenvalue weighted by molar-refractivity contribution is 5.55. The van der Waals surface area contributed by atoms with Crippen LogP contribution in [0.4, 0.5) is 0 Å². The number of benzene rings is 1. The van der Waals surface area contributed by atoms with E-state index in [4.69, 9.17) is 9.47 Å². The summed E-state index contributed by atoms with van der Waals surface area (Å²) >= 11 is 0. The zero-order chi connectivity index (χ0) is 16.9. The lowest BCUT2D eigenvalue weighted by molar-refractivity contribution is -0.0725. The Balaban J connectivity index is 1.97. The standard InChI is InChI=1S/C20H28O3/c1-15(2)20(11-9-16(3)10-12-20)23-13-5-6-17-7-8-18(21)19(14-17)22-4/h5-9,14-15,21H,10-13H2,1-4H3/b6-5+/t20-/m0/s1. The highest BCUT2D eigenvalue weighted by Crippen LogP contribution is 2.37. The van der Waals surface area contributed by atoms with Gasteiger partial charge in [-0.25, -0.2) is 0 Å². The number of methoxy groups -OCH3 is 1. The molecule has 0 fully saturated rings. The lowest BCUT2D eigenvalue weighted by Crippen LogP contribution is -2.39. The first kappa shape index (κ1) is 17.6. The zero-order valence-electron chi connectivity index (χ0n) is 14.6. The van der Waals surface area contributed by atoms with Gasteiger partial charge in [0.25, 0.3) is 0 Å². The zero-order valence-corrected chi connectivity index (χ0v) is 14.6. The molecule has 0 heterocycles. The Hall–Kier alpha value is -1.74. The molecule has 1 N–H and O–H groups in total. The van der Waals surface area contributed by atoms with Crippen molar-refractivity contribution in [2.75, 3.05) is 13.7 Å². The number of hydrogen-bond acceptors (Lipinski definition) is 3. The van der Waals surface area contributed by atoms with Crippen molar-refractivity contribution >= 4 is 6.08 Å². The fraction of sp³-hybridized carbons (Fsp3) is 0.500.